The van der Waals surface area contributed by atoms with Gasteiger partial charge in [0.1, 0.15) is 17.5 Å². The van der Waals surface area contributed by atoms with E-state index in [0.29, 0.717) is 11.1 Å². The van der Waals surface area contributed by atoms with Crippen molar-refractivity contribution in [2.24, 2.45) is 34.5 Å². The molecule has 3 N–H and O–H groups in total. The number of aliphatic hydroxyl groups excluding tert-OH is 1. The van der Waals surface area contributed by atoms with Crippen LogP contribution in [0.1, 0.15) is 73.4 Å². The van der Waals surface area contributed by atoms with Gasteiger partial charge in [-0.25, -0.2) is 0 Å². The minimum atomic E-state index is -3.05. The van der Waals surface area contributed by atoms with E-state index >= 15 is 0 Å². The Hall–Kier alpha value is -4.08. The highest BCUT2D eigenvalue weighted by Gasteiger charge is 2.80. The third-order valence-corrected chi connectivity index (χ3v) is 10.1. The van der Waals surface area contributed by atoms with Gasteiger partial charge in [-0.15, -0.1) is 0 Å². The Labute approximate surface area is 248 Å². The summed E-state index contributed by atoms with van der Waals surface area (Å²) >= 11 is 0. The molecule has 0 amide bonds. The van der Waals surface area contributed by atoms with Crippen LogP contribution in [0.25, 0.3) is 11.6 Å². The van der Waals surface area contributed by atoms with E-state index in [4.69, 9.17) is 0 Å². The van der Waals surface area contributed by atoms with Gasteiger partial charge in [0, 0.05) is 22.3 Å². The van der Waals surface area contributed by atoms with E-state index in [1.54, 1.807) is 50.3 Å². The van der Waals surface area contributed by atoms with Crippen LogP contribution in [0.3, 0.4) is 0 Å². The molecule has 0 bridgehead atoms. The van der Waals surface area contributed by atoms with Crippen molar-refractivity contribution in [3.8, 4) is 5.75 Å². The number of aliphatic hydroxyl groups is 2. The van der Waals surface area contributed by atoms with Gasteiger partial charge in [0.25, 0.3) is 0 Å². The normalized spacial score (nSPS) is 34.6. The van der Waals surface area contributed by atoms with Crippen molar-refractivity contribution in [3.63, 3.8) is 0 Å². The molecule has 3 aliphatic carbocycles. The van der Waals surface area contributed by atoms with Crippen molar-refractivity contribution in [2.45, 2.75) is 53.2 Å². The lowest BCUT2D eigenvalue weighted by atomic mass is 9.38. The number of phenols is 1. The molecule has 2 saturated carbocycles. The summed E-state index contributed by atoms with van der Waals surface area (Å²) in [7, 11) is 0. The number of benzene rings is 2. The van der Waals surface area contributed by atoms with E-state index in [0.717, 1.165) is 6.92 Å². The van der Waals surface area contributed by atoms with Crippen molar-refractivity contribution in [1.29, 1.82) is 0 Å². The van der Waals surface area contributed by atoms with Crippen LogP contribution in [-0.2, 0) is 19.2 Å². The highest BCUT2D eigenvalue weighted by atomic mass is 16.3. The fraction of sp³-hybridized carbons (Fsp3) is 0.412. The number of fused-ring (bicyclic) bond motifs is 3. The first-order chi connectivity index (χ1) is 20.0. The first-order valence-electron chi connectivity index (χ1n) is 14.2. The molecule has 3 aliphatic rings. The standard InChI is InChI=1S/C34H34O9/c1-15(2)25-27(38)23(17(4)36)29(40)34(43)30(41)26-28(39)24-20(8-7-9-22(24)37)21(32(26,5)31(42)33(25,34)6)14-18-10-12-19(13-11-18)16(3)35/h7-15,23,25-26,31,37,42-43H,1-6H3/b21-14+/t23?,25?,26?,31-,32+,33+,34+/m1/s1. The highest BCUT2D eigenvalue weighted by molar-refractivity contribution is 6.34. The summed E-state index contributed by atoms with van der Waals surface area (Å²) < 4.78 is 0. The number of carbonyl (C=O) groups is 6. The van der Waals surface area contributed by atoms with E-state index in [1.165, 1.54) is 32.9 Å². The van der Waals surface area contributed by atoms with Gasteiger partial charge >= 0.3 is 0 Å². The van der Waals surface area contributed by atoms with Crippen molar-refractivity contribution in [3.05, 3.63) is 64.7 Å². The van der Waals surface area contributed by atoms with Gasteiger partial charge in [0.05, 0.1) is 17.6 Å². The summed E-state index contributed by atoms with van der Waals surface area (Å²) in [4.78, 5) is 80.9. The van der Waals surface area contributed by atoms with Crippen molar-refractivity contribution >= 4 is 46.3 Å². The van der Waals surface area contributed by atoms with Gasteiger partial charge in [-0.3, -0.25) is 28.8 Å². The number of Topliss-reactive ketones (excluding diaryl/α,β-unsaturated/α-hetero) is 6. The molecule has 224 valence electrons. The van der Waals surface area contributed by atoms with Crippen LogP contribution in [0.2, 0.25) is 0 Å². The Bertz CT molecular complexity index is 1660. The molecule has 2 fully saturated rings. The van der Waals surface area contributed by atoms with Crippen LogP contribution in [0.4, 0.5) is 0 Å². The number of hydrogen-bond acceptors (Lipinski definition) is 9. The number of ketones is 6. The predicted octanol–water partition coefficient (Wildman–Crippen LogP) is 3.26. The molecule has 0 spiro atoms. The number of phenolic OH excluding ortho intramolecular Hbond substituents is 1. The molecule has 0 radical (unpaired) electrons. The summed E-state index contributed by atoms with van der Waals surface area (Å²) in [6.45, 7) is 8.51. The van der Waals surface area contributed by atoms with E-state index in [2.05, 4.69) is 0 Å². The Morgan fingerprint density at radius 1 is 0.930 bits per heavy atom. The third-order valence-electron chi connectivity index (χ3n) is 10.1. The maximum absolute atomic E-state index is 14.6. The quantitative estimate of drug-likeness (QED) is 0.360. The molecule has 2 aromatic rings. The van der Waals surface area contributed by atoms with Crippen molar-refractivity contribution < 1.29 is 44.1 Å². The van der Waals surface area contributed by atoms with E-state index in [9.17, 15) is 44.1 Å². The summed E-state index contributed by atoms with van der Waals surface area (Å²) in [5, 5.41) is 35.5. The fourth-order valence-corrected chi connectivity index (χ4v) is 8.09. The number of hydrogen-bond donors (Lipinski definition) is 3. The number of aromatic hydroxyl groups is 1. The molecule has 3 unspecified atom stereocenters. The summed E-state index contributed by atoms with van der Waals surface area (Å²) in [5.41, 5.74) is -5.71. The topological polar surface area (TPSA) is 163 Å². The lowest BCUT2D eigenvalue weighted by Crippen LogP contribution is -2.81. The average Bonchev–Trinajstić information content (AvgIpc) is 2.92. The maximum Gasteiger partial charge on any atom is 0.191 e. The van der Waals surface area contributed by atoms with Crippen LogP contribution in [-0.4, -0.2) is 61.7 Å². The highest BCUT2D eigenvalue weighted by Crippen LogP contribution is 2.66. The largest absolute Gasteiger partial charge is 0.507 e. The molecule has 43 heavy (non-hydrogen) atoms. The van der Waals surface area contributed by atoms with Gasteiger partial charge in [-0.1, -0.05) is 70.2 Å². The van der Waals surface area contributed by atoms with Gasteiger partial charge in [0.15, 0.2) is 34.5 Å². The Balaban J connectivity index is 1.87. The van der Waals surface area contributed by atoms with Crippen LogP contribution in [0, 0.1) is 34.5 Å². The molecule has 0 aliphatic heterocycles. The Kier molecular flexibility index (Phi) is 6.87. The number of carbonyl (C=O) groups excluding carboxylic acids is 6. The molecule has 5 rings (SSSR count). The molecule has 0 heterocycles. The molecule has 9 nitrogen and oxygen atoms in total. The maximum atomic E-state index is 14.6. The Morgan fingerprint density at radius 3 is 2.07 bits per heavy atom. The van der Waals surface area contributed by atoms with Crippen LogP contribution >= 0.6 is 0 Å². The average molecular weight is 587 g/mol. The zero-order valence-electron chi connectivity index (χ0n) is 24.8. The zero-order valence-corrected chi connectivity index (χ0v) is 24.8. The number of rotatable bonds is 4. The van der Waals surface area contributed by atoms with Gasteiger partial charge in [-0.2, -0.15) is 0 Å². The summed E-state index contributed by atoms with van der Waals surface area (Å²) in [6, 6.07) is 10.8. The SMILES string of the molecule is CC(=O)c1ccc(/C=C2\c3cccc(O)c3C(=O)C3C(=O)[C@@]4(O)C(=O)C(C(C)=O)C(=O)C(C(C)C)[C@@]4(C)[C@H](O)[C@@]23C)cc1. The third kappa shape index (κ3) is 3.70. The van der Waals surface area contributed by atoms with Gasteiger partial charge < -0.3 is 15.3 Å². The second kappa shape index (κ2) is 9.72. The van der Waals surface area contributed by atoms with Gasteiger partial charge in [0.2, 0.25) is 0 Å². The second-order valence-corrected chi connectivity index (χ2v) is 12.8. The molecule has 9 heteroatoms. The molecular weight excluding hydrogens is 552 g/mol. The monoisotopic (exact) mass is 586 g/mol. The lowest BCUT2D eigenvalue weighted by molar-refractivity contribution is -0.230. The van der Waals surface area contributed by atoms with Crippen LogP contribution in [0.5, 0.6) is 5.75 Å². The van der Waals surface area contributed by atoms with Crippen LogP contribution in [0.15, 0.2) is 42.5 Å². The van der Waals surface area contributed by atoms with E-state index in [1.807, 2.05) is 0 Å². The fourth-order valence-electron chi connectivity index (χ4n) is 8.09. The molecular formula is C34H34O9. The second-order valence-electron chi connectivity index (χ2n) is 12.8. The van der Waals surface area contributed by atoms with E-state index in [-0.39, 0.29) is 22.5 Å². The summed E-state index contributed by atoms with van der Waals surface area (Å²) in [6.07, 6.45) is -0.204. The van der Waals surface area contributed by atoms with Gasteiger partial charge in [-0.05, 0) is 42.5 Å². The van der Waals surface area contributed by atoms with E-state index < -0.39 is 80.9 Å². The molecule has 0 aromatic heterocycles. The summed E-state index contributed by atoms with van der Waals surface area (Å²) in [5.74, 6) is -11.4. The van der Waals surface area contributed by atoms with Crippen molar-refractivity contribution in [2.75, 3.05) is 0 Å². The minimum absolute atomic E-state index is 0.152. The first-order valence-corrected chi connectivity index (χ1v) is 14.2. The molecule has 7 atom stereocenters. The Morgan fingerprint density at radius 2 is 1.53 bits per heavy atom. The zero-order chi connectivity index (χ0) is 32.0. The molecule has 2 aromatic carbocycles. The molecule has 0 saturated heterocycles. The lowest BCUT2D eigenvalue weighted by Gasteiger charge is -2.64. The predicted molar refractivity (Wildman–Crippen MR) is 155 cm³/mol. The van der Waals surface area contributed by atoms with Crippen molar-refractivity contribution in [1.82, 2.24) is 0 Å². The smallest absolute Gasteiger partial charge is 0.191 e. The van der Waals surface area contributed by atoms with Crippen LogP contribution < -0.4 is 0 Å². The minimum Gasteiger partial charge on any atom is -0.507 e. The first kappa shape index (κ1) is 30.4.